The number of hydrogen-bond donors (Lipinski definition) is 0. The number of hydrogen-bond acceptors (Lipinski definition) is 2. The first-order valence-corrected chi connectivity index (χ1v) is 3.09. The third-order valence-electron chi connectivity index (χ3n) is 0.809. The Morgan fingerprint density at radius 3 is 2.88 bits per heavy atom. The maximum Gasteiger partial charge on any atom is 0.337 e. The van der Waals surface area contributed by atoms with E-state index < -0.39 is 0 Å². The fourth-order valence-corrected chi connectivity index (χ4v) is 0.746. The van der Waals surface area contributed by atoms with E-state index >= 15 is 0 Å². The van der Waals surface area contributed by atoms with E-state index in [-0.39, 0.29) is 5.97 Å². The Kier molecular flexibility index (Phi) is 1.58. The van der Waals surface area contributed by atoms with Gasteiger partial charge in [0.2, 0.25) is 0 Å². The van der Waals surface area contributed by atoms with Gasteiger partial charge in [-0.1, -0.05) is 0 Å². The normalized spacial score (nSPS) is 17.6. The molecule has 1 rings (SSSR count). The molecule has 2 nitrogen and oxygen atoms in total. The minimum Gasteiger partial charge on any atom is -0.387 e. The van der Waals surface area contributed by atoms with E-state index in [4.69, 9.17) is 0 Å². The Balaban J connectivity index is 2.49. The van der Waals surface area contributed by atoms with Gasteiger partial charge in [-0.2, -0.15) is 0 Å². The summed E-state index contributed by atoms with van der Waals surface area (Å²) in [4.78, 5) is 10.3. The lowest BCUT2D eigenvalue weighted by atomic mass is 10.4. The van der Waals surface area contributed by atoms with Crippen molar-refractivity contribution in [3.05, 3.63) is 17.2 Å². The van der Waals surface area contributed by atoms with Gasteiger partial charge < -0.3 is 4.74 Å². The molecule has 0 radical (unpaired) electrons. The van der Waals surface area contributed by atoms with E-state index in [9.17, 15) is 4.79 Å². The molecular formula is C5H4BrO2+. The summed E-state index contributed by atoms with van der Waals surface area (Å²) in [5.74, 6) is 0.422. The van der Waals surface area contributed by atoms with Gasteiger partial charge in [-0.05, 0) is 0 Å². The average Bonchev–Trinajstić information content (AvgIpc) is 2.14. The van der Waals surface area contributed by atoms with Gasteiger partial charge in [0, 0.05) is 0 Å². The predicted octanol–water partition coefficient (Wildman–Crippen LogP) is 1.37. The van der Waals surface area contributed by atoms with Crippen molar-refractivity contribution in [3.63, 3.8) is 0 Å². The Morgan fingerprint density at radius 1 is 1.88 bits per heavy atom. The number of esters is 1. The molecule has 0 fully saturated rings. The zero-order valence-corrected chi connectivity index (χ0v) is 5.64. The van der Waals surface area contributed by atoms with Gasteiger partial charge >= 0.3 is 5.97 Å². The summed E-state index contributed by atoms with van der Waals surface area (Å²) in [6.45, 7) is 0. The SMILES string of the molecule is O=C1CC=C([CH+]Br)O1. The quantitative estimate of drug-likeness (QED) is 0.445. The molecule has 0 aliphatic carbocycles. The first-order chi connectivity index (χ1) is 3.83. The summed E-state index contributed by atoms with van der Waals surface area (Å²) in [5.41, 5.74) is 0. The molecule has 8 heavy (non-hydrogen) atoms. The van der Waals surface area contributed by atoms with Crippen molar-refractivity contribution < 1.29 is 9.53 Å². The molecule has 1 aliphatic heterocycles. The highest BCUT2D eigenvalue weighted by Crippen LogP contribution is 2.15. The second-order valence-electron chi connectivity index (χ2n) is 1.39. The maximum atomic E-state index is 10.3. The molecular weight excluding hydrogens is 172 g/mol. The van der Waals surface area contributed by atoms with Crippen molar-refractivity contribution in [2.24, 2.45) is 0 Å². The van der Waals surface area contributed by atoms with Gasteiger partial charge in [0.05, 0.1) is 22.0 Å². The predicted molar refractivity (Wildman–Crippen MR) is 32.0 cm³/mol. The van der Waals surface area contributed by atoms with Crippen LogP contribution in [0.2, 0.25) is 0 Å². The number of rotatable bonds is 1. The summed E-state index contributed by atoms with van der Waals surface area (Å²) in [6.07, 6.45) is 2.12. The molecule has 0 bridgehead atoms. The maximum absolute atomic E-state index is 10.3. The first-order valence-electron chi connectivity index (χ1n) is 2.17. The van der Waals surface area contributed by atoms with Crippen molar-refractivity contribution in [3.8, 4) is 0 Å². The Hall–Kier alpha value is -0.440. The van der Waals surface area contributed by atoms with E-state index in [0.717, 1.165) is 0 Å². The third kappa shape index (κ3) is 1.04. The number of carbonyl (C=O) groups is 1. The van der Waals surface area contributed by atoms with E-state index in [1.54, 1.807) is 11.4 Å². The minimum absolute atomic E-state index is 0.185. The van der Waals surface area contributed by atoms with Crippen LogP contribution in [-0.4, -0.2) is 5.97 Å². The van der Waals surface area contributed by atoms with Crippen LogP contribution >= 0.6 is 15.9 Å². The zero-order valence-electron chi connectivity index (χ0n) is 4.06. The molecule has 0 amide bonds. The largest absolute Gasteiger partial charge is 0.387 e. The molecule has 0 aromatic carbocycles. The van der Waals surface area contributed by atoms with E-state index in [1.807, 2.05) is 0 Å². The lowest BCUT2D eigenvalue weighted by molar-refractivity contribution is -0.136. The highest BCUT2D eigenvalue weighted by Gasteiger charge is 2.20. The summed E-state index contributed by atoms with van der Waals surface area (Å²) < 4.78 is 4.63. The zero-order chi connectivity index (χ0) is 5.98. The molecule has 0 saturated carbocycles. The van der Waals surface area contributed by atoms with Gasteiger partial charge in [0.1, 0.15) is 6.42 Å². The van der Waals surface area contributed by atoms with E-state index in [1.165, 1.54) is 0 Å². The van der Waals surface area contributed by atoms with Crippen molar-refractivity contribution >= 4 is 21.9 Å². The molecule has 42 valence electrons. The lowest BCUT2D eigenvalue weighted by Gasteiger charge is -1.83. The van der Waals surface area contributed by atoms with Crippen molar-refractivity contribution in [2.75, 3.05) is 0 Å². The fourth-order valence-electron chi connectivity index (χ4n) is 0.466. The average molecular weight is 176 g/mol. The van der Waals surface area contributed by atoms with Gasteiger partial charge in [0.25, 0.3) is 5.76 Å². The molecule has 1 heterocycles. The Bertz CT molecular complexity index is 139. The van der Waals surface area contributed by atoms with Crippen molar-refractivity contribution in [2.45, 2.75) is 6.42 Å². The third-order valence-corrected chi connectivity index (χ3v) is 1.26. The van der Waals surface area contributed by atoms with Crippen LogP contribution in [0.5, 0.6) is 0 Å². The Labute approximate surface area is 55.6 Å². The fraction of sp³-hybridized carbons (Fsp3) is 0.200. The van der Waals surface area contributed by atoms with Crippen LogP contribution in [0.1, 0.15) is 6.42 Å². The molecule has 0 atom stereocenters. The van der Waals surface area contributed by atoms with Crippen LogP contribution < -0.4 is 0 Å². The topological polar surface area (TPSA) is 26.3 Å². The summed E-state index contributed by atoms with van der Waals surface area (Å²) in [6, 6.07) is 0. The Morgan fingerprint density at radius 2 is 2.62 bits per heavy atom. The van der Waals surface area contributed by atoms with Crippen LogP contribution in [0.25, 0.3) is 0 Å². The minimum atomic E-state index is -0.185. The number of allylic oxidation sites excluding steroid dienone is 1. The lowest BCUT2D eigenvalue weighted by Crippen LogP contribution is -1.91. The monoisotopic (exact) mass is 175 g/mol. The van der Waals surface area contributed by atoms with Crippen molar-refractivity contribution in [1.29, 1.82) is 0 Å². The van der Waals surface area contributed by atoms with Crippen LogP contribution in [0, 0.1) is 5.33 Å². The summed E-state index contributed by atoms with van der Waals surface area (Å²) in [7, 11) is 0. The van der Waals surface area contributed by atoms with Crippen LogP contribution in [-0.2, 0) is 9.53 Å². The standard InChI is InChI=1S/C5H4BrO2/c6-3-4-1-2-5(7)8-4/h1,3H,2H2/q+1. The van der Waals surface area contributed by atoms with Gasteiger partial charge in [-0.25, -0.2) is 4.79 Å². The smallest absolute Gasteiger partial charge is 0.337 e. The van der Waals surface area contributed by atoms with Gasteiger partial charge in [-0.15, -0.1) is 0 Å². The second-order valence-corrected chi connectivity index (χ2v) is 1.85. The second kappa shape index (κ2) is 2.22. The first kappa shape index (κ1) is 5.69. The van der Waals surface area contributed by atoms with Crippen LogP contribution in [0.3, 0.4) is 0 Å². The molecule has 0 saturated heterocycles. The number of carbonyl (C=O) groups excluding carboxylic acids is 1. The molecule has 0 N–H and O–H groups in total. The number of cyclic esters (lactones) is 1. The van der Waals surface area contributed by atoms with Gasteiger partial charge in [-0.3, -0.25) is 0 Å². The van der Waals surface area contributed by atoms with E-state index in [2.05, 4.69) is 20.7 Å². The highest BCUT2D eigenvalue weighted by molar-refractivity contribution is 9.10. The number of halogens is 1. The summed E-state index contributed by atoms with van der Waals surface area (Å²) >= 11 is 3.03. The molecule has 0 unspecified atom stereocenters. The van der Waals surface area contributed by atoms with E-state index in [0.29, 0.717) is 12.2 Å². The molecule has 0 spiro atoms. The van der Waals surface area contributed by atoms with Crippen LogP contribution in [0.15, 0.2) is 11.8 Å². The molecule has 0 aromatic heterocycles. The molecule has 3 heteroatoms. The van der Waals surface area contributed by atoms with Crippen LogP contribution in [0.4, 0.5) is 0 Å². The number of ether oxygens (including phenoxy) is 1. The van der Waals surface area contributed by atoms with Gasteiger partial charge in [0.15, 0.2) is 5.33 Å². The summed E-state index contributed by atoms with van der Waals surface area (Å²) in [5, 5.41) is 1.58. The molecule has 0 aromatic rings. The van der Waals surface area contributed by atoms with Crippen molar-refractivity contribution in [1.82, 2.24) is 0 Å². The molecule has 1 aliphatic rings. The highest BCUT2D eigenvalue weighted by atomic mass is 79.9.